The van der Waals surface area contributed by atoms with Gasteiger partial charge in [-0.1, -0.05) is 30.3 Å². The lowest BCUT2D eigenvalue weighted by atomic mass is 10.1. The molecule has 0 heterocycles. The summed E-state index contributed by atoms with van der Waals surface area (Å²) in [6.07, 6.45) is 0. The number of hydrogen-bond donors (Lipinski definition) is 0. The summed E-state index contributed by atoms with van der Waals surface area (Å²) >= 11 is 0. The molecule has 0 unspecified atom stereocenters. The summed E-state index contributed by atoms with van der Waals surface area (Å²) in [6, 6.07) is 8.24. The topological polar surface area (TPSA) is 136 Å². The standard InChI is InChI=1S/C30H49FO13/c31-6-7-34-8-9-35-10-11-36-12-13-37-14-15-38-16-17-39-18-19-40-20-21-41-22-23-42-24-25-43-26-27-44-30(33)29(32)28-4-2-1-3-5-28/h1-5H,6-27H2. The lowest BCUT2D eigenvalue weighted by Gasteiger charge is -2.09. The molecule has 0 N–H and O–H groups in total. The Balaban J connectivity index is 1.67. The van der Waals surface area contributed by atoms with E-state index in [2.05, 4.69) is 0 Å². The summed E-state index contributed by atoms with van der Waals surface area (Å²) in [6.45, 7) is 7.80. The predicted octanol–water partition coefficient (Wildman–Crippen LogP) is 1.55. The zero-order chi connectivity index (χ0) is 31.6. The largest absolute Gasteiger partial charge is 0.457 e. The van der Waals surface area contributed by atoms with Crippen molar-refractivity contribution in [2.45, 2.75) is 0 Å². The van der Waals surface area contributed by atoms with Crippen molar-refractivity contribution in [2.75, 3.05) is 145 Å². The maximum atomic E-state index is 11.9. The third-order valence-electron chi connectivity index (χ3n) is 5.25. The fraction of sp³-hybridized carbons (Fsp3) is 0.733. The van der Waals surface area contributed by atoms with Gasteiger partial charge in [0.25, 0.3) is 5.78 Å². The van der Waals surface area contributed by atoms with Crippen LogP contribution in [0.5, 0.6) is 0 Å². The number of ether oxygens (including phenoxy) is 11. The minimum absolute atomic E-state index is 0.00571. The molecular formula is C30H49FO13. The lowest BCUT2D eigenvalue weighted by Crippen LogP contribution is -2.20. The van der Waals surface area contributed by atoms with E-state index in [1.807, 2.05) is 0 Å². The van der Waals surface area contributed by atoms with Crippen LogP contribution in [0.15, 0.2) is 30.3 Å². The number of alkyl halides is 1. The molecule has 13 nitrogen and oxygen atoms in total. The first kappa shape index (κ1) is 39.9. The fourth-order valence-corrected chi connectivity index (χ4v) is 3.10. The average Bonchev–Trinajstić information content (AvgIpc) is 3.05. The van der Waals surface area contributed by atoms with Crippen molar-refractivity contribution in [1.82, 2.24) is 0 Å². The van der Waals surface area contributed by atoms with Crippen LogP contribution in [0.4, 0.5) is 4.39 Å². The minimum Gasteiger partial charge on any atom is -0.457 e. The Kier molecular flexibility index (Phi) is 29.3. The van der Waals surface area contributed by atoms with Gasteiger partial charge in [-0.2, -0.15) is 0 Å². The third kappa shape index (κ3) is 26.3. The van der Waals surface area contributed by atoms with Crippen LogP contribution in [-0.2, 0) is 56.9 Å². The van der Waals surface area contributed by atoms with E-state index in [-0.39, 0.29) is 19.8 Å². The summed E-state index contributed by atoms with van der Waals surface area (Å²) in [5, 5.41) is 0. The maximum Gasteiger partial charge on any atom is 0.379 e. The number of rotatable bonds is 34. The quantitative estimate of drug-likeness (QED) is 0.0469. The lowest BCUT2D eigenvalue weighted by molar-refractivity contribution is -0.139. The van der Waals surface area contributed by atoms with Crippen LogP contribution >= 0.6 is 0 Å². The highest BCUT2D eigenvalue weighted by Crippen LogP contribution is 2.01. The fourth-order valence-electron chi connectivity index (χ4n) is 3.10. The predicted molar refractivity (Wildman–Crippen MR) is 156 cm³/mol. The van der Waals surface area contributed by atoms with Gasteiger partial charge in [-0.05, 0) is 0 Å². The molecule has 0 fully saturated rings. The molecule has 0 aromatic heterocycles. The number of hydrogen-bond acceptors (Lipinski definition) is 13. The molecule has 0 bridgehead atoms. The summed E-state index contributed by atoms with van der Waals surface area (Å²) in [5.74, 6) is -1.58. The van der Waals surface area contributed by atoms with Crippen molar-refractivity contribution in [1.29, 1.82) is 0 Å². The van der Waals surface area contributed by atoms with Gasteiger partial charge in [0.2, 0.25) is 0 Å². The molecule has 0 aliphatic rings. The molecule has 0 spiro atoms. The van der Waals surface area contributed by atoms with Crippen molar-refractivity contribution in [3.8, 4) is 0 Å². The van der Waals surface area contributed by atoms with Crippen LogP contribution < -0.4 is 0 Å². The van der Waals surface area contributed by atoms with Crippen molar-refractivity contribution in [2.24, 2.45) is 0 Å². The van der Waals surface area contributed by atoms with E-state index in [9.17, 15) is 14.0 Å². The molecule has 0 saturated heterocycles. The number of carbonyl (C=O) groups is 2. The molecule has 254 valence electrons. The molecule has 0 radical (unpaired) electrons. The van der Waals surface area contributed by atoms with Gasteiger partial charge >= 0.3 is 5.97 Å². The first-order valence-corrected chi connectivity index (χ1v) is 14.9. The number of halogens is 1. The molecule has 0 atom stereocenters. The van der Waals surface area contributed by atoms with Crippen LogP contribution in [0.2, 0.25) is 0 Å². The molecule has 14 heteroatoms. The molecule has 1 aromatic rings. The number of esters is 1. The van der Waals surface area contributed by atoms with Gasteiger partial charge in [0.05, 0.1) is 132 Å². The van der Waals surface area contributed by atoms with Crippen LogP contribution in [0.3, 0.4) is 0 Å². The maximum absolute atomic E-state index is 11.9. The Morgan fingerprint density at radius 1 is 0.409 bits per heavy atom. The summed E-state index contributed by atoms with van der Waals surface area (Å²) in [4.78, 5) is 23.6. The van der Waals surface area contributed by atoms with E-state index < -0.39 is 18.4 Å². The Hall–Kier alpha value is -2.11. The van der Waals surface area contributed by atoms with Gasteiger partial charge in [0.1, 0.15) is 13.3 Å². The molecule has 1 aromatic carbocycles. The van der Waals surface area contributed by atoms with Crippen molar-refractivity contribution in [3.63, 3.8) is 0 Å². The third-order valence-corrected chi connectivity index (χ3v) is 5.25. The molecule has 44 heavy (non-hydrogen) atoms. The van der Waals surface area contributed by atoms with Gasteiger partial charge in [0.15, 0.2) is 0 Å². The number of carbonyl (C=O) groups excluding carboxylic acids is 2. The Labute approximate surface area is 259 Å². The summed E-state index contributed by atoms with van der Waals surface area (Å²) in [5.41, 5.74) is 0.293. The SMILES string of the molecule is O=C(OCCOCCOCCOCCOCCOCCOCCOCCOCCOCCOCCF)C(=O)c1ccccc1. The number of ketones is 1. The highest BCUT2D eigenvalue weighted by atomic mass is 19.1. The van der Waals surface area contributed by atoms with Crippen molar-refractivity contribution >= 4 is 11.8 Å². The highest BCUT2D eigenvalue weighted by molar-refractivity contribution is 6.40. The van der Waals surface area contributed by atoms with Crippen LogP contribution in [0.25, 0.3) is 0 Å². The normalized spacial score (nSPS) is 11.2. The second kappa shape index (κ2) is 32.3. The monoisotopic (exact) mass is 636 g/mol. The van der Waals surface area contributed by atoms with E-state index in [1.54, 1.807) is 30.3 Å². The van der Waals surface area contributed by atoms with Gasteiger partial charge in [-0.25, -0.2) is 9.18 Å². The Morgan fingerprint density at radius 2 is 0.682 bits per heavy atom. The van der Waals surface area contributed by atoms with E-state index in [0.29, 0.717) is 124 Å². The molecular weight excluding hydrogens is 587 g/mol. The highest BCUT2D eigenvalue weighted by Gasteiger charge is 2.17. The molecule has 0 saturated carbocycles. The second-order valence-corrected chi connectivity index (χ2v) is 8.64. The first-order valence-electron chi connectivity index (χ1n) is 14.9. The molecule has 0 aliphatic carbocycles. The molecule has 0 amide bonds. The van der Waals surface area contributed by atoms with Gasteiger partial charge < -0.3 is 52.1 Å². The van der Waals surface area contributed by atoms with Crippen LogP contribution in [0.1, 0.15) is 10.4 Å². The van der Waals surface area contributed by atoms with Crippen molar-refractivity contribution in [3.05, 3.63) is 35.9 Å². The average molecular weight is 637 g/mol. The van der Waals surface area contributed by atoms with E-state index in [1.165, 1.54) is 0 Å². The van der Waals surface area contributed by atoms with Gasteiger partial charge in [-0.3, -0.25) is 4.79 Å². The second-order valence-electron chi connectivity index (χ2n) is 8.64. The minimum atomic E-state index is -0.900. The zero-order valence-electron chi connectivity index (χ0n) is 25.6. The zero-order valence-corrected chi connectivity index (χ0v) is 25.6. The van der Waals surface area contributed by atoms with Gasteiger partial charge in [-0.15, -0.1) is 0 Å². The van der Waals surface area contributed by atoms with Crippen molar-refractivity contribution < 1.29 is 66.1 Å². The Morgan fingerprint density at radius 3 is 0.977 bits per heavy atom. The van der Waals surface area contributed by atoms with E-state index in [0.717, 1.165) is 0 Å². The first-order chi connectivity index (χ1) is 21.8. The van der Waals surface area contributed by atoms with Gasteiger partial charge in [0, 0.05) is 5.56 Å². The number of Topliss-reactive ketones (excluding diaryl/α,β-unsaturated/α-hetero) is 1. The number of benzene rings is 1. The van der Waals surface area contributed by atoms with E-state index >= 15 is 0 Å². The van der Waals surface area contributed by atoms with Crippen LogP contribution in [-0.4, -0.2) is 157 Å². The molecule has 1 rings (SSSR count). The smallest absolute Gasteiger partial charge is 0.379 e. The summed E-state index contributed by atoms with van der Waals surface area (Å²) in [7, 11) is 0. The summed E-state index contributed by atoms with van der Waals surface area (Å²) < 4.78 is 70.2. The Bertz CT molecular complexity index is 773. The van der Waals surface area contributed by atoms with E-state index in [4.69, 9.17) is 52.1 Å². The molecule has 0 aliphatic heterocycles. The van der Waals surface area contributed by atoms with Crippen LogP contribution in [0, 0.1) is 0 Å².